The van der Waals surface area contributed by atoms with Gasteiger partial charge in [0, 0.05) is 6.54 Å². The van der Waals surface area contributed by atoms with Crippen LogP contribution in [0.2, 0.25) is 0 Å². The lowest BCUT2D eigenvalue weighted by Gasteiger charge is -2.32. The van der Waals surface area contributed by atoms with Crippen LogP contribution in [0.5, 0.6) is 0 Å². The summed E-state index contributed by atoms with van der Waals surface area (Å²) in [6.45, 7) is 4.39. The monoisotopic (exact) mass is 460 g/mol. The number of aromatic nitrogens is 2. The lowest BCUT2D eigenvalue weighted by molar-refractivity contribution is -0.116. The first-order valence-corrected chi connectivity index (χ1v) is 13.0. The van der Waals surface area contributed by atoms with Crippen LogP contribution in [-0.2, 0) is 11.2 Å². The van der Waals surface area contributed by atoms with Crippen LogP contribution in [0.3, 0.4) is 0 Å². The van der Waals surface area contributed by atoms with E-state index in [2.05, 4.69) is 49.9 Å². The van der Waals surface area contributed by atoms with Crippen molar-refractivity contribution in [1.29, 1.82) is 0 Å². The Hall–Kier alpha value is -2.57. The number of amides is 1. The molecule has 4 heterocycles. The zero-order chi connectivity index (χ0) is 22.5. The smallest absolute Gasteiger partial charge is 0.258 e. The van der Waals surface area contributed by atoms with E-state index >= 15 is 0 Å². The lowest BCUT2D eigenvalue weighted by atomic mass is 9.92. The number of likely N-dealkylation sites (tertiary alicyclic amines) is 1. The molecule has 6 heteroatoms. The van der Waals surface area contributed by atoms with E-state index in [0.29, 0.717) is 0 Å². The largest absolute Gasteiger partial charge is 0.352 e. The van der Waals surface area contributed by atoms with Gasteiger partial charge in [0.1, 0.15) is 5.65 Å². The van der Waals surface area contributed by atoms with Gasteiger partial charge in [0.25, 0.3) is 5.91 Å². The number of imidazole rings is 1. The Morgan fingerprint density at radius 2 is 1.91 bits per heavy atom. The Bertz CT molecular complexity index is 1120. The minimum absolute atomic E-state index is 0.0256. The van der Waals surface area contributed by atoms with Crippen LogP contribution >= 0.6 is 11.8 Å². The molecule has 1 amide bonds. The number of pyridine rings is 1. The number of nitrogens with one attached hydrogen (secondary N) is 1. The maximum atomic E-state index is 12.7. The molecule has 1 saturated heterocycles. The van der Waals surface area contributed by atoms with Gasteiger partial charge in [0.05, 0.1) is 21.8 Å². The molecule has 0 radical (unpaired) electrons. The van der Waals surface area contributed by atoms with Gasteiger partial charge in [-0.25, -0.2) is 4.98 Å². The zero-order valence-corrected chi connectivity index (χ0v) is 19.9. The molecule has 1 aromatic carbocycles. The van der Waals surface area contributed by atoms with Crippen molar-refractivity contribution in [3.05, 3.63) is 70.9 Å². The second-order valence-corrected chi connectivity index (χ2v) is 10.2. The summed E-state index contributed by atoms with van der Waals surface area (Å²) in [4.78, 5) is 20.5. The summed E-state index contributed by atoms with van der Waals surface area (Å²) in [6.07, 6.45) is 11.0. The maximum Gasteiger partial charge on any atom is 0.258 e. The highest BCUT2D eigenvalue weighted by Crippen LogP contribution is 2.34. The van der Waals surface area contributed by atoms with E-state index in [9.17, 15) is 4.79 Å². The Labute approximate surface area is 200 Å². The van der Waals surface area contributed by atoms with Crippen LogP contribution in [0, 0.1) is 5.92 Å². The second-order valence-electron chi connectivity index (χ2n) is 9.12. The highest BCUT2D eigenvalue weighted by atomic mass is 32.2. The quantitative estimate of drug-likeness (QED) is 0.456. The number of thioether (sulfide) groups is 1. The normalized spacial score (nSPS) is 16.7. The van der Waals surface area contributed by atoms with Crippen molar-refractivity contribution in [2.45, 2.75) is 43.6 Å². The number of carbonyl (C=O) groups is 1. The van der Waals surface area contributed by atoms with Crippen LogP contribution in [0.1, 0.15) is 43.4 Å². The first kappa shape index (κ1) is 22.2. The van der Waals surface area contributed by atoms with E-state index in [-0.39, 0.29) is 5.91 Å². The number of piperidine rings is 1. The molecule has 2 aliphatic rings. The van der Waals surface area contributed by atoms with E-state index in [1.807, 2.05) is 30.5 Å². The van der Waals surface area contributed by atoms with E-state index in [0.717, 1.165) is 40.2 Å². The summed E-state index contributed by atoms with van der Waals surface area (Å²) in [5.41, 5.74) is 3.34. The third-order valence-corrected chi connectivity index (χ3v) is 7.85. The molecule has 0 saturated carbocycles. The molecule has 33 heavy (non-hydrogen) atoms. The fourth-order valence-corrected chi connectivity index (χ4v) is 5.94. The first-order chi connectivity index (χ1) is 16.3. The minimum Gasteiger partial charge on any atom is -0.352 e. The zero-order valence-electron chi connectivity index (χ0n) is 19.1. The minimum atomic E-state index is 0.0256. The van der Waals surface area contributed by atoms with Crippen LogP contribution in [0.25, 0.3) is 11.7 Å². The summed E-state index contributed by atoms with van der Waals surface area (Å²) in [6, 6.07) is 16.8. The molecule has 0 unspecified atom stereocenters. The van der Waals surface area contributed by atoms with Crippen molar-refractivity contribution >= 4 is 29.4 Å². The summed E-state index contributed by atoms with van der Waals surface area (Å²) in [5, 5.41) is 4.18. The Morgan fingerprint density at radius 3 is 2.76 bits per heavy atom. The molecule has 0 aliphatic carbocycles. The lowest BCUT2D eigenvalue weighted by Crippen LogP contribution is -2.35. The van der Waals surface area contributed by atoms with Crippen LogP contribution < -0.4 is 5.32 Å². The van der Waals surface area contributed by atoms with E-state index < -0.39 is 0 Å². The van der Waals surface area contributed by atoms with Crippen molar-refractivity contribution in [2.24, 2.45) is 5.92 Å². The Kier molecular flexibility index (Phi) is 7.12. The van der Waals surface area contributed by atoms with Crippen LogP contribution in [0.15, 0.2) is 64.7 Å². The molecule has 0 bridgehead atoms. The van der Waals surface area contributed by atoms with Crippen molar-refractivity contribution in [1.82, 2.24) is 19.6 Å². The topological polar surface area (TPSA) is 49.6 Å². The average molecular weight is 461 g/mol. The third kappa shape index (κ3) is 5.50. The van der Waals surface area contributed by atoms with Gasteiger partial charge in [0.2, 0.25) is 0 Å². The second kappa shape index (κ2) is 10.6. The predicted molar refractivity (Wildman–Crippen MR) is 135 cm³/mol. The number of carbonyl (C=O) groups excluding carboxylic acids is 1. The van der Waals surface area contributed by atoms with Crippen LogP contribution in [0.4, 0.5) is 0 Å². The van der Waals surface area contributed by atoms with E-state index in [1.54, 1.807) is 0 Å². The molecule has 3 aromatic rings. The third-order valence-electron chi connectivity index (χ3n) is 6.80. The SMILES string of the molecule is O=C(NCCCC1CCN(CCCc2ccccc2)CC1)C1=Cc2cnc3cccc(n23)S1. The van der Waals surface area contributed by atoms with Gasteiger partial charge in [-0.1, -0.05) is 48.2 Å². The molecule has 172 valence electrons. The van der Waals surface area contributed by atoms with Gasteiger partial charge in [-0.3, -0.25) is 9.20 Å². The van der Waals surface area contributed by atoms with Gasteiger partial charge in [-0.15, -0.1) is 0 Å². The molecule has 0 spiro atoms. The number of nitrogens with zero attached hydrogens (tertiary/aromatic N) is 3. The molecule has 2 aliphatic heterocycles. The van der Waals surface area contributed by atoms with Crippen LogP contribution in [-0.4, -0.2) is 46.4 Å². The van der Waals surface area contributed by atoms with Gasteiger partial charge < -0.3 is 10.2 Å². The van der Waals surface area contributed by atoms with E-state index in [1.165, 1.54) is 69.1 Å². The average Bonchev–Trinajstić information content (AvgIpc) is 3.28. The van der Waals surface area contributed by atoms with E-state index in [4.69, 9.17) is 0 Å². The Morgan fingerprint density at radius 1 is 1.06 bits per heavy atom. The predicted octanol–water partition coefficient (Wildman–Crippen LogP) is 5.02. The summed E-state index contributed by atoms with van der Waals surface area (Å²) >= 11 is 1.52. The standard InChI is InChI=1S/C27H32N4OS/c32-27(24-19-23-20-29-25-11-4-12-26(33-24)31(23)25)28-15-5-9-22-13-17-30(18-14-22)16-6-10-21-7-2-1-3-8-21/h1-4,7-8,11-12,19-20,22H,5-6,9-10,13-18H2,(H,28,32). The maximum absolute atomic E-state index is 12.7. The molecule has 1 N–H and O–H groups in total. The number of hydrogen-bond acceptors (Lipinski definition) is 4. The van der Waals surface area contributed by atoms with Crippen molar-refractivity contribution in [3.8, 4) is 0 Å². The van der Waals surface area contributed by atoms with Gasteiger partial charge in [0.15, 0.2) is 0 Å². The van der Waals surface area contributed by atoms with Gasteiger partial charge in [-0.2, -0.15) is 0 Å². The highest BCUT2D eigenvalue weighted by Gasteiger charge is 2.21. The van der Waals surface area contributed by atoms with Crippen molar-refractivity contribution < 1.29 is 4.79 Å². The highest BCUT2D eigenvalue weighted by molar-refractivity contribution is 8.04. The molecular formula is C27H32N4OS. The first-order valence-electron chi connectivity index (χ1n) is 12.2. The number of rotatable bonds is 9. The summed E-state index contributed by atoms with van der Waals surface area (Å²) < 4.78 is 2.09. The van der Waals surface area contributed by atoms with Crippen molar-refractivity contribution in [2.75, 3.05) is 26.2 Å². The summed E-state index contributed by atoms with van der Waals surface area (Å²) in [7, 11) is 0. The number of benzene rings is 1. The molecule has 5 nitrogen and oxygen atoms in total. The molecule has 1 fully saturated rings. The molecule has 5 rings (SSSR count). The summed E-state index contributed by atoms with van der Waals surface area (Å²) in [5.74, 6) is 0.820. The molecule has 2 aromatic heterocycles. The van der Waals surface area contributed by atoms with Gasteiger partial charge >= 0.3 is 0 Å². The molecular weight excluding hydrogens is 428 g/mol. The number of hydrogen-bond donors (Lipinski definition) is 1. The van der Waals surface area contributed by atoms with Crippen molar-refractivity contribution in [3.63, 3.8) is 0 Å². The van der Waals surface area contributed by atoms with Gasteiger partial charge in [-0.05, 0) is 87.8 Å². The molecule has 0 atom stereocenters. The Balaban J connectivity index is 0.987. The fourth-order valence-electron chi connectivity index (χ4n) is 4.93. The number of aryl methyl sites for hydroxylation is 1. The fraction of sp³-hybridized carbons (Fsp3) is 0.407.